The molecule has 2 saturated carbocycles. The number of hydrogen-bond donors (Lipinski definition) is 2. The van der Waals surface area contributed by atoms with Crippen LogP contribution in [0.1, 0.15) is 31.2 Å². The molecule has 0 unspecified atom stereocenters. The lowest BCUT2D eigenvalue weighted by molar-refractivity contribution is 0.235. The first-order chi connectivity index (χ1) is 8.20. The van der Waals surface area contributed by atoms with E-state index in [9.17, 15) is 4.79 Å². The number of rotatable bonds is 3. The molecule has 0 aromatic heterocycles. The summed E-state index contributed by atoms with van der Waals surface area (Å²) in [7, 11) is 0. The molecule has 0 saturated heterocycles. The SMILES string of the molecule is O=C(NC1CC1)NC1(c2ccccc2Cl)CC1. The van der Waals surface area contributed by atoms with Crippen molar-refractivity contribution >= 4 is 17.6 Å². The highest BCUT2D eigenvalue weighted by atomic mass is 35.5. The Kier molecular flexibility index (Phi) is 2.51. The number of hydrogen-bond acceptors (Lipinski definition) is 1. The van der Waals surface area contributed by atoms with Crippen LogP contribution in [0.3, 0.4) is 0 Å². The summed E-state index contributed by atoms with van der Waals surface area (Å²) in [5.74, 6) is 0. The minimum atomic E-state index is -0.225. The molecule has 0 heterocycles. The normalized spacial score (nSPS) is 20.8. The summed E-state index contributed by atoms with van der Waals surface area (Å²) >= 11 is 6.18. The highest BCUT2D eigenvalue weighted by Gasteiger charge is 2.47. The molecule has 1 aromatic carbocycles. The number of benzene rings is 1. The molecule has 3 rings (SSSR count). The van der Waals surface area contributed by atoms with E-state index in [0.717, 1.165) is 36.3 Å². The number of nitrogens with one attached hydrogen (secondary N) is 2. The first-order valence-electron chi connectivity index (χ1n) is 6.03. The summed E-state index contributed by atoms with van der Waals surface area (Å²) in [5, 5.41) is 6.74. The number of carbonyl (C=O) groups is 1. The first kappa shape index (κ1) is 10.9. The largest absolute Gasteiger partial charge is 0.335 e. The van der Waals surface area contributed by atoms with Crippen molar-refractivity contribution in [1.82, 2.24) is 10.6 Å². The minimum absolute atomic E-state index is 0.0649. The van der Waals surface area contributed by atoms with Gasteiger partial charge in [-0.2, -0.15) is 0 Å². The van der Waals surface area contributed by atoms with Gasteiger partial charge in [0.05, 0.1) is 5.54 Å². The van der Waals surface area contributed by atoms with Gasteiger partial charge in [-0.1, -0.05) is 29.8 Å². The van der Waals surface area contributed by atoms with Gasteiger partial charge >= 0.3 is 6.03 Å². The van der Waals surface area contributed by atoms with Crippen molar-refractivity contribution in [3.63, 3.8) is 0 Å². The van der Waals surface area contributed by atoms with E-state index in [1.165, 1.54) is 0 Å². The third kappa shape index (κ3) is 2.25. The molecule has 0 spiro atoms. The van der Waals surface area contributed by atoms with Gasteiger partial charge in [0.15, 0.2) is 0 Å². The zero-order valence-electron chi connectivity index (χ0n) is 9.50. The lowest BCUT2D eigenvalue weighted by atomic mass is 10.1. The molecule has 0 bridgehead atoms. The Hall–Kier alpha value is -1.22. The Morgan fingerprint density at radius 3 is 2.59 bits per heavy atom. The predicted octanol–water partition coefficient (Wildman–Crippen LogP) is 2.79. The zero-order valence-corrected chi connectivity index (χ0v) is 10.3. The third-order valence-electron chi connectivity index (χ3n) is 3.40. The van der Waals surface area contributed by atoms with Gasteiger partial charge in [0.25, 0.3) is 0 Å². The van der Waals surface area contributed by atoms with Gasteiger partial charge in [-0.15, -0.1) is 0 Å². The molecule has 0 atom stereocenters. The fourth-order valence-electron chi connectivity index (χ4n) is 2.10. The monoisotopic (exact) mass is 250 g/mol. The number of halogens is 1. The summed E-state index contributed by atoms with van der Waals surface area (Å²) < 4.78 is 0. The standard InChI is InChI=1S/C13H15ClN2O/c14-11-4-2-1-3-10(11)13(7-8-13)16-12(17)15-9-5-6-9/h1-4,9H,5-8H2,(H2,15,16,17). The van der Waals surface area contributed by atoms with Crippen molar-refractivity contribution in [1.29, 1.82) is 0 Å². The molecule has 2 aliphatic rings. The molecule has 4 heteroatoms. The molecule has 17 heavy (non-hydrogen) atoms. The Morgan fingerprint density at radius 2 is 2.00 bits per heavy atom. The van der Waals surface area contributed by atoms with E-state index in [1.807, 2.05) is 24.3 Å². The summed E-state index contributed by atoms with van der Waals surface area (Å²) in [6.45, 7) is 0. The predicted molar refractivity (Wildman–Crippen MR) is 67.1 cm³/mol. The van der Waals surface area contributed by atoms with Crippen LogP contribution in [-0.4, -0.2) is 12.1 Å². The first-order valence-corrected chi connectivity index (χ1v) is 6.41. The molecule has 2 fully saturated rings. The lowest BCUT2D eigenvalue weighted by Crippen LogP contribution is -2.43. The molecule has 3 nitrogen and oxygen atoms in total. The highest BCUT2D eigenvalue weighted by molar-refractivity contribution is 6.31. The zero-order chi connectivity index (χ0) is 11.9. The number of amides is 2. The molecule has 2 aliphatic carbocycles. The summed E-state index contributed by atoms with van der Waals surface area (Å²) in [4.78, 5) is 11.8. The molecule has 2 N–H and O–H groups in total. The van der Waals surface area contributed by atoms with Gasteiger partial charge in [-0.25, -0.2) is 4.79 Å². The Labute approximate surface area is 106 Å². The summed E-state index contributed by atoms with van der Waals surface area (Å²) in [6, 6.07) is 8.06. The Bertz CT molecular complexity index is 452. The Balaban J connectivity index is 1.72. The van der Waals surface area contributed by atoms with Crippen molar-refractivity contribution in [2.45, 2.75) is 37.3 Å². The maximum absolute atomic E-state index is 11.8. The second-order valence-corrected chi connectivity index (χ2v) is 5.34. The smallest absolute Gasteiger partial charge is 0.315 e. The fraction of sp³-hybridized carbons (Fsp3) is 0.462. The second-order valence-electron chi connectivity index (χ2n) is 4.93. The molecular weight excluding hydrogens is 236 g/mol. The van der Waals surface area contributed by atoms with E-state index in [-0.39, 0.29) is 11.6 Å². The van der Waals surface area contributed by atoms with Crippen molar-refractivity contribution in [3.05, 3.63) is 34.9 Å². The van der Waals surface area contributed by atoms with Gasteiger partial charge in [-0.05, 0) is 37.3 Å². The van der Waals surface area contributed by atoms with Gasteiger partial charge < -0.3 is 10.6 Å². The van der Waals surface area contributed by atoms with Crippen LogP contribution >= 0.6 is 11.6 Å². The third-order valence-corrected chi connectivity index (χ3v) is 3.73. The van der Waals surface area contributed by atoms with E-state index >= 15 is 0 Å². The van der Waals surface area contributed by atoms with Gasteiger partial charge in [-0.3, -0.25) is 0 Å². The van der Waals surface area contributed by atoms with E-state index in [0.29, 0.717) is 6.04 Å². The van der Waals surface area contributed by atoms with Crippen molar-refractivity contribution < 1.29 is 4.79 Å². The van der Waals surface area contributed by atoms with Crippen LogP contribution in [0.15, 0.2) is 24.3 Å². The summed E-state index contributed by atoms with van der Waals surface area (Å²) in [6.07, 6.45) is 4.14. The van der Waals surface area contributed by atoms with Gasteiger partial charge in [0.2, 0.25) is 0 Å². The average Bonchev–Trinajstić information content (AvgIpc) is 3.17. The van der Waals surface area contributed by atoms with Crippen LogP contribution in [0.2, 0.25) is 5.02 Å². The van der Waals surface area contributed by atoms with Crippen molar-refractivity contribution in [2.75, 3.05) is 0 Å². The molecule has 1 aromatic rings. The summed E-state index contributed by atoms with van der Waals surface area (Å²) in [5.41, 5.74) is 0.810. The lowest BCUT2D eigenvalue weighted by Gasteiger charge is -2.19. The number of urea groups is 1. The van der Waals surface area contributed by atoms with E-state index in [2.05, 4.69) is 10.6 Å². The van der Waals surface area contributed by atoms with Crippen molar-refractivity contribution in [2.24, 2.45) is 0 Å². The fourth-order valence-corrected chi connectivity index (χ4v) is 2.42. The van der Waals surface area contributed by atoms with Crippen LogP contribution in [-0.2, 0) is 5.54 Å². The highest BCUT2D eigenvalue weighted by Crippen LogP contribution is 2.47. The van der Waals surface area contributed by atoms with E-state index < -0.39 is 0 Å². The molecule has 0 aliphatic heterocycles. The topological polar surface area (TPSA) is 41.1 Å². The van der Waals surface area contributed by atoms with Gasteiger partial charge in [0.1, 0.15) is 0 Å². The van der Waals surface area contributed by atoms with Crippen LogP contribution < -0.4 is 10.6 Å². The van der Waals surface area contributed by atoms with E-state index in [4.69, 9.17) is 11.6 Å². The Morgan fingerprint density at radius 1 is 1.29 bits per heavy atom. The number of carbonyl (C=O) groups excluding carboxylic acids is 1. The van der Waals surface area contributed by atoms with Crippen LogP contribution in [0, 0.1) is 0 Å². The quantitative estimate of drug-likeness (QED) is 0.851. The molecule has 2 amide bonds. The molecule has 90 valence electrons. The maximum atomic E-state index is 11.8. The van der Waals surface area contributed by atoms with Gasteiger partial charge in [0, 0.05) is 11.1 Å². The van der Waals surface area contributed by atoms with Crippen LogP contribution in [0.25, 0.3) is 0 Å². The van der Waals surface area contributed by atoms with Crippen molar-refractivity contribution in [3.8, 4) is 0 Å². The minimum Gasteiger partial charge on any atom is -0.335 e. The molecular formula is C13H15ClN2O. The second kappa shape index (κ2) is 3.91. The van der Waals surface area contributed by atoms with E-state index in [1.54, 1.807) is 0 Å². The van der Waals surface area contributed by atoms with Crippen LogP contribution in [0.4, 0.5) is 4.79 Å². The maximum Gasteiger partial charge on any atom is 0.315 e. The average molecular weight is 251 g/mol. The molecule has 0 radical (unpaired) electrons. The van der Waals surface area contributed by atoms with Crippen LogP contribution in [0.5, 0.6) is 0 Å².